The molecule has 6 nitrogen and oxygen atoms in total. The van der Waals surface area contributed by atoms with Crippen LogP contribution in [0.2, 0.25) is 0 Å². The van der Waals surface area contributed by atoms with E-state index >= 15 is 0 Å². The zero-order valence-electron chi connectivity index (χ0n) is 22.5. The van der Waals surface area contributed by atoms with Crippen molar-refractivity contribution in [1.29, 1.82) is 0 Å². The fraction of sp³-hybridized carbons (Fsp3) is 0.323. The van der Waals surface area contributed by atoms with E-state index in [2.05, 4.69) is 23.6 Å². The summed E-state index contributed by atoms with van der Waals surface area (Å²) in [6, 6.07) is 26.5. The Morgan fingerprint density at radius 1 is 0.795 bits per heavy atom. The van der Waals surface area contributed by atoms with Gasteiger partial charge in [-0.25, -0.2) is 8.42 Å². The second-order valence-corrected chi connectivity index (χ2v) is 11.9. The van der Waals surface area contributed by atoms with Crippen molar-refractivity contribution in [3.63, 3.8) is 0 Å². The number of rotatable bonds is 5. The third-order valence-electron chi connectivity index (χ3n) is 6.81. The van der Waals surface area contributed by atoms with Crippen LogP contribution < -0.4 is 0 Å². The number of carbonyl (C=O) groups is 1. The van der Waals surface area contributed by atoms with Gasteiger partial charge in [0.05, 0.1) is 4.90 Å². The summed E-state index contributed by atoms with van der Waals surface area (Å²) in [7, 11) is -3.72. The Morgan fingerprint density at radius 2 is 1.38 bits per heavy atom. The summed E-state index contributed by atoms with van der Waals surface area (Å²) in [5.74, 6) is -0.0636. The van der Waals surface area contributed by atoms with Gasteiger partial charge in [-0.1, -0.05) is 72.8 Å². The van der Waals surface area contributed by atoms with Crippen LogP contribution in [0.25, 0.3) is 0 Å². The van der Waals surface area contributed by atoms with Gasteiger partial charge < -0.3 is 4.90 Å². The van der Waals surface area contributed by atoms with Crippen LogP contribution in [0.4, 0.5) is 0 Å². The predicted molar refractivity (Wildman–Crippen MR) is 160 cm³/mol. The van der Waals surface area contributed by atoms with Crippen LogP contribution in [0.15, 0.2) is 102 Å². The Bertz CT molecular complexity index is 1320. The van der Waals surface area contributed by atoms with E-state index in [1.807, 2.05) is 67.6 Å². The maximum atomic E-state index is 13.7. The fourth-order valence-corrected chi connectivity index (χ4v) is 6.30. The highest BCUT2D eigenvalue weighted by Crippen LogP contribution is 2.20. The maximum Gasteiger partial charge on any atom is 0.254 e. The number of halogens is 1. The molecule has 0 unspecified atom stereocenters. The first kappa shape index (κ1) is 30.6. The Labute approximate surface area is 239 Å². The van der Waals surface area contributed by atoms with Crippen molar-refractivity contribution < 1.29 is 13.2 Å². The van der Waals surface area contributed by atoms with Gasteiger partial charge in [0.1, 0.15) is 0 Å². The molecule has 3 aromatic rings. The number of nitrogens with zero attached hydrogens (tertiary/aromatic N) is 3. The van der Waals surface area contributed by atoms with Gasteiger partial charge in [-0.05, 0) is 61.7 Å². The number of hydrogen-bond donors (Lipinski definition) is 0. The monoisotopic (exact) mass is 567 g/mol. The smallest absolute Gasteiger partial charge is 0.254 e. The van der Waals surface area contributed by atoms with Gasteiger partial charge in [-0.2, -0.15) is 4.31 Å². The molecule has 0 radical (unpaired) electrons. The van der Waals surface area contributed by atoms with Gasteiger partial charge in [-0.15, -0.1) is 12.4 Å². The average molecular weight is 568 g/mol. The molecule has 0 spiro atoms. The topological polar surface area (TPSA) is 60.9 Å². The summed E-state index contributed by atoms with van der Waals surface area (Å²) in [5, 5.41) is 0. The highest BCUT2D eigenvalue weighted by atomic mass is 35.5. The molecular weight excluding hydrogens is 530 g/mol. The number of carbonyl (C=O) groups excluding carboxylic acids is 1. The third kappa shape index (κ3) is 8.51. The zero-order valence-corrected chi connectivity index (χ0v) is 24.2. The van der Waals surface area contributed by atoms with Gasteiger partial charge in [0.25, 0.3) is 5.91 Å². The van der Waals surface area contributed by atoms with Crippen LogP contribution in [-0.4, -0.2) is 67.7 Å². The molecule has 1 saturated heterocycles. The highest BCUT2D eigenvalue weighted by Gasteiger charge is 2.27. The SMILES string of the molecule is C=C1CN(C(=O)c2ccccc2)CCCN(Cc2ccccc2)CCCN(S(=O)(=O)c2ccc(C)cc2)C1.Cl. The van der Waals surface area contributed by atoms with Crippen LogP contribution in [-0.2, 0) is 16.6 Å². The van der Waals surface area contributed by atoms with Crippen LogP contribution in [0.1, 0.15) is 34.3 Å². The molecule has 4 rings (SSSR count). The highest BCUT2D eigenvalue weighted by molar-refractivity contribution is 7.89. The zero-order chi connectivity index (χ0) is 27.0. The van der Waals surface area contributed by atoms with Gasteiger partial charge in [0, 0.05) is 44.8 Å². The third-order valence-corrected chi connectivity index (χ3v) is 8.67. The Morgan fingerprint density at radius 3 is 2.03 bits per heavy atom. The molecule has 1 heterocycles. The standard InChI is InChI=1S/C31H37N3O3S.ClH/c1-26-15-17-30(18-16-26)38(36,37)34-22-10-20-32(25-28-11-5-3-6-12-28)19-9-21-33(23-27(2)24-34)31(35)29-13-7-4-8-14-29;/h3-8,11-18H,2,9-10,19-25H2,1H3;1H. The van der Waals surface area contributed by atoms with Crippen LogP contribution >= 0.6 is 12.4 Å². The molecule has 1 aliphatic heterocycles. The molecule has 1 amide bonds. The number of sulfonamides is 1. The second kappa shape index (κ2) is 14.4. The Kier molecular flexibility index (Phi) is 11.3. The van der Waals surface area contributed by atoms with Crippen molar-refractivity contribution in [3.05, 3.63) is 114 Å². The molecule has 0 atom stereocenters. The maximum absolute atomic E-state index is 13.7. The number of benzene rings is 3. The largest absolute Gasteiger partial charge is 0.335 e. The van der Waals surface area contributed by atoms with E-state index in [4.69, 9.17) is 0 Å². The molecule has 0 bridgehead atoms. The molecule has 0 saturated carbocycles. The van der Waals surface area contributed by atoms with Crippen LogP contribution in [0.3, 0.4) is 0 Å². The lowest BCUT2D eigenvalue weighted by Gasteiger charge is -2.31. The summed E-state index contributed by atoms with van der Waals surface area (Å²) in [6.45, 7) is 9.93. The lowest BCUT2D eigenvalue weighted by Crippen LogP contribution is -2.41. The minimum absolute atomic E-state index is 0. The molecule has 0 N–H and O–H groups in total. The molecule has 0 aromatic heterocycles. The summed E-state index contributed by atoms with van der Waals surface area (Å²) >= 11 is 0. The number of amides is 1. The minimum atomic E-state index is -3.72. The van der Waals surface area contributed by atoms with E-state index in [0.29, 0.717) is 37.2 Å². The summed E-state index contributed by atoms with van der Waals surface area (Å²) < 4.78 is 28.8. The molecule has 3 aromatic carbocycles. The fourth-order valence-electron chi connectivity index (χ4n) is 4.80. The van der Waals surface area contributed by atoms with Crippen LogP contribution in [0, 0.1) is 6.92 Å². The van der Waals surface area contributed by atoms with Crippen LogP contribution in [0.5, 0.6) is 0 Å². The lowest BCUT2D eigenvalue weighted by molar-refractivity contribution is 0.0758. The van der Waals surface area contributed by atoms with Gasteiger partial charge in [-0.3, -0.25) is 9.69 Å². The molecule has 1 fully saturated rings. The van der Waals surface area contributed by atoms with Gasteiger partial charge >= 0.3 is 0 Å². The van der Waals surface area contributed by atoms with Crippen molar-refractivity contribution in [2.75, 3.05) is 39.3 Å². The van der Waals surface area contributed by atoms with E-state index in [0.717, 1.165) is 31.6 Å². The number of hydrogen-bond acceptors (Lipinski definition) is 4. The van der Waals surface area contributed by atoms with Gasteiger partial charge in [0.15, 0.2) is 0 Å². The van der Waals surface area contributed by atoms with Crippen molar-refractivity contribution in [2.45, 2.75) is 31.2 Å². The minimum Gasteiger partial charge on any atom is -0.335 e. The quantitative estimate of drug-likeness (QED) is 0.387. The van der Waals surface area contributed by atoms with E-state index in [1.165, 1.54) is 9.87 Å². The summed E-state index contributed by atoms with van der Waals surface area (Å²) in [4.78, 5) is 17.8. The first-order chi connectivity index (χ1) is 18.3. The molecule has 8 heteroatoms. The average Bonchev–Trinajstić information content (AvgIpc) is 2.92. The Balaban J connectivity index is 0.00000420. The Hall–Kier alpha value is -2.97. The summed E-state index contributed by atoms with van der Waals surface area (Å²) in [5.41, 5.74) is 3.55. The first-order valence-electron chi connectivity index (χ1n) is 13.2. The van der Waals surface area contributed by atoms with E-state index < -0.39 is 10.0 Å². The molecule has 0 aliphatic carbocycles. The predicted octanol–water partition coefficient (Wildman–Crippen LogP) is 5.40. The lowest BCUT2D eigenvalue weighted by atomic mass is 10.1. The summed E-state index contributed by atoms with van der Waals surface area (Å²) in [6.07, 6.45) is 1.53. The van der Waals surface area contributed by atoms with Crippen molar-refractivity contribution in [2.24, 2.45) is 0 Å². The molecule has 39 heavy (non-hydrogen) atoms. The van der Waals surface area contributed by atoms with E-state index in [-0.39, 0.29) is 29.8 Å². The molecule has 208 valence electrons. The van der Waals surface area contributed by atoms with Gasteiger partial charge in [0.2, 0.25) is 10.0 Å². The number of aryl methyl sites for hydroxylation is 1. The van der Waals surface area contributed by atoms with Crippen molar-refractivity contribution in [3.8, 4) is 0 Å². The molecule has 1 aliphatic rings. The van der Waals surface area contributed by atoms with Crippen molar-refractivity contribution >= 4 is 28.3 Å². The molecular formula is C31H38ClN3O3S. The normalized spacial score (nSPS) is 16.5. The van der Waals surface area contributed by atoms with E-state index in [1.54, 1.807) is 17.0 Å². The van der Waals surface area contributed by atoms with Crippen molar-refractivity contribution in [1.82, 2.24) is 14.1 Å². The van der Waals surface area contributed by atoms with E-state index in [9.17, 15) is 13.2 Å². The second-order valence-electron chi connectivity index (χ2n) is 9.96. The first-order valence-corrected chi connectivity index (χ1v) is 14.6.